The zero-order valence-electron chi connectivity index (χ0n) is 16.9. The van der Waals surface area contributed by atoms with Gasteiger partial charge in [-0.2, -0.15) is 0 Å². The number of pyridine rings is 1. The average Bonchev–Trinajstić information content (AvgIpc) is 2.70. The van der Waals surface area contributed by atoms with Gasteiger partial charge < -0.3 is 15.8 Å². The summed E-state index contributed by atoms with van der Waals surface area (Å²) in [6, 6.07) is 3.42. The van der Waals surface area contributed by atoms with E-state index in [2.05, 4.69) is 26.6 Å². The number of carbonyl (C=O) groups is 2. The maximum Gasteiger partial charge on any atom is 0.429 e. The highest BCUT2D eigenvalue weighted by atomic mass is 16.6. The Morgan fingerprint density at radius 2 is 2.10 bits per heavy atom. The Balaban J connectivity index is 2.07. The number of terminal acetylenes is 1. The monoisotopic (exact) mass is 413 g/mol. The second-order valence-electron chi connectivity index (χ2n) is 6.33. The van der Waals surface area contributed by atoms with E-state index in [-0.39, 0.29) is 31.4 Å². The maximum atomic E-state index is 12.7. The lowest BCUT2D eigenvalue weighted by Gasteiger charge is -2.18. The summed E-state index contributed by atoms with van der Waals surface area (Å²) in [5, 5.41) is 3.67. The Bertz CT molecular complexity index is 1040. The van der Waals surface area contributed by atoms with Crippen LogP contribution in [-0.4, -0.2) is 45.2 Å². The van der Waals surface area contributed by atoms with Crippen molar-refractivity contribution in [1.82, 2.24) is 24.9 Å². The lowest BCUT2D eigenvalue weighted by molar-refractivity contribution is -0.121. The number of carbonyl (C=O) groups excluding carboxylic acids is 2. The molecule has 0 aliphatic rings. The normalized spacial score (nSPS) is 10.1. The summed E-state index contributed by atoms with van der Waals surface area (Å²) in [6.45, 7) is 3.24. The van der Waals surface area contributed by atoms with Gasteiger partial charge in [-0.1, -0.05) is 12.0 Å². The highest BCUT2D eigenvalue weighted by molar-refractivity contribution is 5.76. The number of nitrogens with one attached hydrogen (secondary N) is 2. The minimum Gasteiger partial charge on any atom is -0.435 e. The Kier molecular flexibility index (Phi) is 7.35. The molecule has 2 aromatic rings. The van der Waals surface area contributed by atoms with Crippen molar-refractivity contribution >= 4 is 23.6 Å². The van der Waals surface area contributed by atoms with Gasteiger partial charge in [0.2, 0.25) is 11.7 Å². The van der Waals surface area contributed by atoms with Crippen LogP contribution in [0.25, 0.3) is 0 Å². The largest absolute Gasteiger partial charge is 0.435 e. The quantitative estimate of drug-likeness (QED) is 0.431. The summed E-state index contributed by atoms with van der Waals surface area (Å²) in [7, 11) is 1.35. The van der Waals surface area contributed by atoms with Gasteiger partial charge in [0.05, 0.1) is 0 Å². The Morgan fingerprint density at radius 3 is 2.77 bits per heavy atom. The number of nitrogens with two attached hydrogens (primary N) is 1. The van der Waals surface area contributed by atoms with Gasteiger partial charge in [0.25, 0.3) is 5.56 Å². The van der Waals surface area contributed by atoms with Crippen LogP contribution in [0.3, 0.4) is 0 Å². The minimum atomic E-state index is -0.786. The summed E-state index contributed by atoms with van der Waals surface area (Å²) >= 11 is 0. The number of nitrogens with zero attached hydrogens (tertiary/aromatic N) is 4. The Morgan fingerprint density at radius 1 is 1.37 bits per heavy atom. The molecule has 2 heterocycles. The number of ether oxygens (including phenoxy) is 1. The van der Waals surface area contributed by atoms with Crippen LogP contribution in [0, 0.1) is 26.2 Å². The van der Waals surface area contributed by atoms with Gasteiger partial charge in [-0.3, -0.25) is 19.6 Å². The maximum absolute atomic E-state index is 12.7. The van der Waals surface area contributed by atoms with Gasteiger partial charge in [0.15, 0.2) is 6.61 Å². The SMILES string of the molecule is C#CCOC(=O)N(C)Nc1ncc(C)n(CC(=O)NCc2ccc(N)nc2C)c1=O. The van der Waals surface area contributed by atoms with Crippen molar-refractivity contribution < 1.29 is 14.3 Å². The molecule has 11 heteroatoms. The molecule has 0 atom stereocenters. The smallest absolute Gasteiger partial charge is 0.429 e. The summed E-state index contributed by atoms with van der Waals surface area (Å²) in [4.78, 5) is 44.9. The predicted molar refractivity (Wildman–Crippen MR) is 110 cm³/mol. The lowest BCUT2D eigenvalue weighted by atomic mass is 10.2. The van der Waals surface area contributed by atoms with Gasteiger partial charge in [0.1, 0.15) is 12.4 Å². The third-order valence-electron chi connectivity index (χ3n) is 4.07. The molecule has 11 nitrogen and oxygen atoms in total. The Hall–Kier alpha value is -4.07. The molecule has 2 amide bonds. The van der Waals surface area contributed by atoms with Crippen molar-refractivity contribution in [3.63, 3.8) is 0 Å². The van der Waals surface area contributed by atoms with E-state index in [4.69, 9.17) is 16.9 Å². The van der Waals surface area contributed by atoms with Crippen molar-refractivity contribution in [3.8, 4) is 12.3 Å². The first-order chi connectivity index (χ1) is 14.2. The number of aromatic nitrogens is 3. The van der Waals surface area contributed by atoms with Crippen LogP contribution in [0.5, 0.6) is 0 Å². The number of rotatable bonds is 7. The third-order valence-corrected chi connectivity index (χ3v) is 4.07. The van der Waals surface area contributed by atoms with Gasteiger partial charge in [0, 0.05) is 31.2 Å². The molecule has 0 fully saturated rings. The number of aryl methyl sites for hydroxylation is 2. The van der Waals surface area contributed by atoms with Crippen LogP contribution in [0.1, 0.15) is 17.0 Å². The molecule has 0 aliphatic heterocycles. The van der Waals surface area contributed by atoms with Crippen LogP contribution < -0.4 is 22.0 Å². The molecule has 0 bridgehead atoms. The first-order valence-electron chi connectivity index (χ1n) is 8.88. The molecule has 0 aromatic carbocycles. The molecule has 30 heavy (non-hydrogen) atoms. The number of anilines is 2. The lowest BCUT2D eigenvalue weighted by Crippen LogP contribution is -2.39. The summed E-state index contributed by atoms with van der Waals surface area (Å²) in [6.07, 6.45) is 5.66. The number of hydrazine groups is 1. The van der Waals surface area contributed by atoms with Gasteiger partial charge in [-0.25, -0.2) is 19.8 Å². The molecule has 0 unspecified atom stereocenters. The first kappa shape index (κ1) is 22.2. The van der Waals surface area contributed by atoms with Gasteiger partial charge in [-0.15, -0.1) is 6.42 Å². The topological polar surface area (TPSA) is 144 Å². The number of hydrogen-bond acceptors (Lipinski definition) is 8. The molecule has 158 valence electrons. The van der Waals surface area contributed by atoms with Crippen LogP contribution in [-0.2, 0) is 22.6 Å². The number of nitrogen functional groups attached to an aromatic ring is 1. The predicted octanol–water partition coefficient (Wildman–Crippen LogP) is 0.182. The van der Waals surface area contributed by atoms with Crippen molar-refractivity contribution in [1.29, 1.82) is 0 Å². The highest BCUT2D eigenvalue weighted by Gasteiger charge is 2.16. The van der Waals surface area contributed by atoms with E-state index in [9.17, 15) is 14.4 Å². The van der Waals surface area contributed by atoms with Crippen molar-refractivity contribution in [3.05, 3.63) is 45.6 Å². The molecule has 0 aliphatic carbocycles. The minimum absolute atomic E-state index is 0.146. The van der Waals surface area contributed by atoms with Crippen LogP contribution >= 0.6 is 0 Å². The molecule has 0 spiro atoms. The standard InChI is InChI=1S/C19H23N7O4/c1-5-8-30-19(29)25(4)24-17-18(28)26(12(2)9-22-17)11-16(27)21-10-14-6-7-15(20)23-13(14)3/h1,6-7,9H,8,10-11H2,2-4H3,(H2,20,23)(H,21,27)(H,22,24). The van der Waals surface area contributed by atoms with E-state index in [0.717, 1.165) is 10.6 Å². The second kappa shape index (κ2) is 9.92. The van der Waals surface area contributed by atoms with Crippen molar-refractivity contribution in [2.45, 2.75) is 26.9 Å². The Labute approximate surface area is 173 Å². The molecule has 0 saturated carbocycles. The second-order valence-corrected chi connectivity index (χ2v) is 6.33. The number of hydrogen-bond donors (Lipinski definition) is 3. The van der Waals surface area contributed by atoms with Crippen LogP contribution in [0.4, 0.5) is 16.4 Å². The fourth-order valence-corrected chi connectivity index (χ4v) is 2.44. The molecule has 4 N–H and O–H groups in total. The molecule has 0 saturated heterocycles. The molecular formula is C19H23N7O4. The van der Waals surface area contributed by atoms with Crippen LogP contribution in [0.15, 0.2) is 23.1 Å². The van der Waals surface area contributed by atoms with E-state index in [1.807, 2.05) is 0 Å². The zero-order valence-corrected chi connectivity index (χ0v) is 16.9. The summed E-state index contributed by atoms with van der Waals surface area (Å²) in [5.41, 5.74) is 9.56. The first-order valence-corrected chi connectivity index (χ1v) is 8.88. The molecule has 0 radical (unpaired) electrons. The number of amides is 2. The average molecular weight is 413 g/mol. The van der Waals surface area contributed by atoms with Crippen LogP contribution in [0.2, 0.25) is 0 Å². The molecule has 2 aromatic heterocycles. The van der Waals surface area contributed by atoms with E-state index < -0.39 is 11.7 Å². The van der Waals surface area contributed by atoms with E-state index >= 15 is 0 Å². The van der Waals surface area contributed by atoms with E-state index in [0.29, 0.717) is 17.2 Å². The highest BCUT2D eigenvalue weighted by Crippen LogP contribution is 2.07. The summed E-state index contributed by atoms with van der Waals surface area (Å²) in [5.74, 6) is 2.04. The van der Waals surface area contributed by atoms with Crippen molar-refractivity contribution in [2.24, 2.45) is 0 Å². The molecule has 2 rings (SSSR count). The summed E-state index contributed by atoms with van der Waals surface area (Å²) < 4.78 is 5.98. The van der Waals surface area contributed by atoms with Gasteiger partial charge >= 0.3 is 6.09 Å². The molecular weight excluding hydrogens is 390 g/mol. The third kappa shape index (κ3) is 5.71. The fourth-order valence-electron chi connectivity index (χ4n) is 2.44. The zero-order chi connectivity index (χ0) is 22.3. The van der Waals surface area contributed by atoms with Crippen molar-refractivity contribution in [2.75, 3.05) is 24.8 Å². The van der Waals surface area contributed by atoms with Gasteiger partial charge in [-0.05, 0) is 25.5 Å². The fraction of sp³-hybridized carbons (Fsp3) is 0.316. The van der Waals surface area contributed by atoms with E-state index in [1.165, 1.54) is 17.8 Å². The van der Waals surface area contributed by atoms with E-state index in [1.54, 1.807) is 26.0 Å².